The van der Waals surface area contributed by atoms with Crippen molar-refractivity contribution in [3.8, 4) is 0 Å². The molecular weight excluding hydrogens is 266 g/mol. The van der Waals surface area contributed by atoms with E-state index in [1.54, 1.807) is 17.7 Å². The number of benzene rings is 1. The maximum Gasteiger partial charge on any atom is 0.167 e. The lowest BCUT2D eigenvalue weighted by molar-refractivity contribution is 0.0916. The van der Waals surface area contributed by atoms with Crippen LogP contribution in [-0.2, 0) is 13.2 Å². The summed E-state index contributed by atoms with van der Waals surface area (Å²) in [6, 6.07) is 3.10. The number of imidazole rings is 1. The van der Waals surface area contributed by atoms with Gasteiger partial charge < -0.3 is 9.67 Å². The third-order valence-corrected chi connectivity index (χ3v) is 3.07. The van der Waals surface area contributed by atoms with Crippen molar-refractivity contribution in [1.82, 2.24) is 9.55 Å². The van der Waals surface area contributed by atoms with Gasteiger partial charge in [0.1, 0.15) is 12.4 Å². The van der Waals surface area contributed by atoms with E-state index in [0.717, 1.165) is 12.1 Å². The molecule has 1 N–H and O–H groups in total. The Kier molecular flexibility index (Phi) is 4.24. The first-order chi connectivity index (χ1) is 9.52. The summed E-state index contributed by atoms with van der Waals surface area (Å²) in [5.74, 6) is -2.30. The minimum absolute atomic E-state index is 0.127. The molecule has 0 saturated heterocycles. The molecule has 1 heterocycles. The summed E-state index contributed by atoms with van der Waals surface area (Å²) in [6.45, 7) is 1.78. The third-order valence-electron chi connectivity index (χ3n) is 3.07. The van der Waals surface area contributed by atoms with E-state index in [1.807, 2.05) is 0 Å². The standard InChI is InChI=1S/C14H14F2N2O2/c1-9(7-18-5-4-17-13(18)8-19)14(20)10-2-3-11(15)12(16)6-10/h2-6,9,19H,7-8H2,1H3. The van der Waals surface area contributed by atoms with Crippen molar-refractivity contribution in [2.24, 2.45) is 5.92 Å². The molecule has 20 heavy (non-hydrogen) atoms. The lowest BCUT2D eigenvalue weighted by Gasteiger charge is -2.13. The molecule has 0 aliphatic rings. The fourth-order valence-electron chi connectivity index (χ4n) is 1.97. The second-order valence-corrected chi connectivity index (χ2v) is 4.55. The summed E-state index contributed by atoms with van der Waals surface area (Å²) in [4.78, 5) is 16.1. The maximum absolute atomic E-state index is 13.1. The predicted octanol–water partition coefficient (Wildman–Crippen LogP) is 2.17. The van der Waals surface area contributed by atoms with Gasteiger partial charge in [0.2, 0.25) is 0 Å². The van der Waals surface area contributed by atoms with E-state index in [-0.39, 0.29) is 18.0 Å². The van der Waals surface area contributed by atoms with Crippen LogP contribution in [0.2, 0.25) is 0 Å². The van der Waals surface area contributed by atoms with Crippen LogP contribution in [0, 0.1) is 17.6 Å². The van der Waals surface area contributed by atoms with E-state index >= 15 is 0 Å². The fourth-order valence-corrected chi connectivity index (χ4v) is 1.97. The Morgan fingerprint density at radius 3 is 2.80 bits per heavy atom. The summed E-state index contributed by atoms with van der Waals surface area (Å²) in [5.41, 5.74) is 0.127. The Morgan fingerprint density at radius 1 is 1.40 bits per heavy atom. The fraction of sp³-hybridized carbons (Fsp3) is 0.286. The molecule has 1 aromatic heterocycles. The van der Waals surface area contributed by atoms with Crippen molar-refractivity contribution in [2.75, 3.05) is 0 Å². The first kappa shape index (κ1) is 14.3. The van der Waals surface area contributed by atoms with Crippen molar-refractivity contribution in [3.05, 3.63) is 53.6 Å². The van der Waals surface area contributed by atoms with Gasteiger partial charge in [-0.05, 0) is 18.2 Å². The summed E-state index contributed by atoms with van der Waals surface area (Å²) < 4.78 is 27.6. The lowest BCUT2D eigenvalue weighted by atomic mass is 9.99. The Morgan fingerprint density at radius 2 is 2.15 bits per heavy atom. The molecule has 2 rings (SSSR count). The van der Waals surface area contributed by atoms with Crippen LogP contribution in [0.15, 0.2) is 30.6 Å². The number of carbonyl (C=O) groups excluding carboxylic acids is 1. The quantitative estimate of drug-likeness (QED) is 0.854. The van der Waals surface area contributed by atoms with Gasteiger partial charge in [-0.2, -0.15) is 0 Å². The Hall–Kier alpha value is -2.08. The summed E-state index contributed by atoms with van der Waals surface area (Å²) >= 11 is 0. The van der Waals surface area contributed by atoms with Gasteiger partial charge in [-0.25, -0.2) is 13.8 Å². The highest BCUT2D eigenvalue weighted by atomic mass is 19.2. The minimum Gasteiger partial charge on any atom is -0.388 e. The van der Waals surface area contributed by atoms with Crippen LogP contribution in [0.1, 0.15) is 23.1 Å². The van der Waals surface area contributed by atoms with Crippen LogP contribution in [0.3, 0.4) is 0 Å². The molecule has 6 heteroatoms. The number of halogens is 2. The molecule has 1 atom stereocenters. The molecule has 0 aliphatic heterocycles. The highest BCUT2D eigenvalue weighted by molar-refractivity contribution is 5.97. The van der Waals surface area contributed by atoms with E-state index in [2.05, 4.69) is 4.98 Å². The van der Waals surface area contributed by atoms with Crippen molar-refractivity contribution in [1.29, 1.82) is 0 Å². The molecule has 0 amide bonds. The van der Waals surface area contributed by atoms with E-state index in [4.69, 9.17) is 5.11 Å². The Bertz CT molecular complexity index is 625. The molecule has 0 saturated carbocycles. The third kappa shape index (κ3) is 2.91. The molecule has 1 unspecified atom stereocenters. The van der Waals surface area contributed by atoms with Crippen LogP contribution < -0.4 is 0 Å². The van der Waals surface area contributed by atoms with Gasteiger partial charge in [0, 0.05) is 30.4 Å². The number of aliphatic hydroxyl groups is 1. The second-order valence-electron chi connectivity index (χ2n) is 4.55. The topological polar surface area (TPSA) is 55.1 Å². The van der Waals surface area contributed by atoms with Gasteiger partial charge in [-0.3, -0.25) is 4.79 Å². The van der Waals surface area contributed by atoms with Crippen LogP contribution in [0.5, 0.6) is 0 Å². The molecule has 2 aromatic rings. The normalized spacial score (nSPS) is 12.4. The van der Waals surface area contributed by atoms with E-state index < -0.39 is 17.6 Å². The summed E-state index contributed by atoms with van der Waals surface area (Å²) in [7, 11) is 0. The molecule has 0 radical (unpaired) electrons. The minimum atomic E-state index is -1.04. The summed E-state index contributed by atoms with van der Waals surface area (Å²) in [5, 5.41) is 9.08. The first-order valence-corrected chi connectivity index (χ1v) is 6.13. The maximum atomic E-state index is 13.1. The van der Waals surface area contributed by atoms with Gasteiger partial charge >= 0.3 is 0 Å². The van der Waals surface area contributed by atoms with Crippen molar-refractivity contribution in [2.45, 2.75) is 20.1 Å². The van der Waals surface area contributed by atoms with Crippen molar-refractivity contribution >= 4 is 5.78 Å². The molecule has 106 valence electrons. The SMILES string of the molecule is CC(Cn1ccnc1CO)C(=O)c1ccc(F)c(F)c1. The monoisotopic (exact) mass is 280 g/mol. The average Bonchev–Trinajstić information content (AvgIpc) is 2.88. The number of hydrogen-bond acceptors (Lipinski definition) is 3. The molecular formula is C14H14F2N2O2. The van der Waals surface area contributed by atoms with Crippen LogP contribution in [0.4, 0.5) is 8.78 Å². The van der Waals surface area contributed by atoms with Crippen LogP contribution in [0.25, 0.3) is 0 Å². The highest BCUT2D eigenvalue weighted by Gasteiger charge is 2.18. The zero-order valence-electron chi connectivity index (χ0n) is 10.9. The van der Waals surface area contributed by atoms with Crippen LogP contribution in [-0.4, -0.2) is 20.4 Å². The van der Waals surface area contributed by atoms with Gasteiger partial charge in [0.15, 0.2) is 17.4 Å². The smallest absolute Gasteiger partial charge is 0.167 e. The number of hydrogen-bond donors (Lipinski definition) is 1. The number of nitrogens with zero attached hydrogens (tertiary/aromatic N) is 2. The molecule has 1 aromatic carbocycles. The van der Waals surface area contributed by atoms with Gasteiger partial charge in [-0.15, -0.1) is 0 Å². The van der Waals surface area contributed by atoms with Crippen LogP contribution >= 0.6 is 0 Å². The second kappa shape index (κ2) is 5.92. The number of aliphatic hydroxyl groups excluding tert-OH is 1. The van der Waals surface area contributed by atoms with Crippen molar-refractivity contribution in [3.63, 3.8) is 0 Å². The molecule has 0 fully saturated rings. The number of rotatable bonds is 5. The lowest BCUT2D eigenvalue weighted by Crippen LogP contribution is -2.19. The number of Topliss-reactive ketones (excluding diaryl/α,β-unsaturated/α-hetero) is 1. The van der Waals surface area contributed by atoms with E-state index in [1.165, 1.54) is 12.3 Å². The summed E-state index contributed by atoms with van der Waals surface area (Å²) in [6.07, 6.45) is 3.18. The largest absolute Gasteiger partial charge is 0.388 e. The molecule has 0 aliphatic carbocycles. The first-order valence-electron chi connectivity index (χ1n) is 6.13. The number of ketones is 1. The number of carbonyl (C=O) groups is 1. The predicted molar refractivity (Wildman–Crippen MR) is 68.0 cm³/mol. The zero-order valence-corrected chi connectivity index (χ0v) is 10.9. The molecule has 4 nitrogen and oxygen atoms in total. The zero-order chi connectivity index (χ0) is 14.7. The Balaban J connectivity index is 2.14. The van der Waals surface area contributed by atoms with Gasteiger partial charge in [0.05, 0.1) is 0 Å². The average molecular weight is 280 g/mol. The molecule has 0 bridgehead atoms. The van der Waals surface area contributed by atoms with E-state index in [9.17, 15) is 13.6 Å². The van der Waals surface area contributed by atoms with Crippen molar-refractivity contribution < 1.29 is 18.7 Å². The number of aromatic nitrogens is 2. The Labute approximate surface area is 114 Å². The van der Waals surface area contributed by atoms with E-state index in [0.29, 0.717) is 12.4 Å². The van der Waals surface area contributed by atoms with Gasteiger partial charge in [-0.1, -0.05) is 6.92 Å². The molecule has 0 spiro atoms. The highest BCUT2D eigenvalue weighted by Crippen LogP contribution is 2.15. The van der Waals surface area contributed by atoms with Gasteiger partial charge in [0.25, 0.3) is 0 Å².